The van der Waals surface area contributed by atoms with Crippen molar-refractivity contribution in [2.75, 3.05) is 18.4 Å². The first-order chi connectivity index (χ1) is 11.7. The van der Waals surface area contributed by atoms with E-state index in [-0.39, 0.29) is 29.7 Å². The van der Waals surface area contributed by atoms with E-state index in [0.29, 0.717) is 12.3 Å². The van der Waals surface area contributed by atoms with Crippen molar-refractivity contribution in [1.82, 2.24) is 4.90 Å². The molecule has 25 heavy (non-hydrogen) atoms. The predicted octanol–water partition coefficient (Wildman–Crippen LogP) is 3.45. The summed E-state index contributed by atoms with van der Waals surface area (Å²) in [6, 6.07) is 13.3. The van der Waals surface area contributed by atoms with E-state index in [4.69, 9.17) is 10.2 Å². The van der Waals surface area contributed by atoms with Crippen molar-refractivity contribution in [2.45, 2.75) is 25.8 Å². The second-order valence-electron chi connectivity index (χ2n) is 5.81. The maximum absolute atomic E-state index is 11.1. The lowest BCUT2D eigenvalue weighted by Gasteiger charge is -2.30. The molecule has 2 aromatic rings. The highest BCUT2D eigenvalue weighted by molar-refractivity contribution is 14.0. The zero-order valence-electron chi connectivity index (χ0n) is 14.0. The summed E-state index contributed by atoms with van der Waals surface area (Å²) in [5.41, 5.74) is 6.21. The summed E-state index contributed by atoms with van der Waals surface area (Å²) >= 11 is 0. The van der Waals surface area contributed by atoms with Crippen LogP contribution in [0, 0.1) is 0 Å². The van der Waals surface area contributed by atoms with Gasteiger partial charge in [-0.2, -0.15) is 0 Å². The zero-order chi connectivity index (χ0) is 16.8. The molecule has 0 unspecified atom stereocenters. The Hall–Kier alpha value is -2.03. The number of halogens is 1. The third kappa shape index (κ3) is 5.48. The average molecular weight is 454 g/mol. The number of likely N-dealkylation sites (tertiary alicyclic amines) is 1. The van der Waals surface area contributed by atoms with Crippen LogP contribution in [0.3, 0.4) is 0 Å². The minimum absolute atomic E-state index is 0. The lowest BCUT2D eigenvalue weighted by Crippen LogP contribution is -2.40. The fraction of sp³-hybridized carbons (Fsp3) is 0.333. The number of anilines is 1. The molecule has 0 spiro atoms. The van der Waals surface area contributed by atoms with Crippen LogP contribution < -0.4 is 11.1 Å². The van der Waals surface area contributed by atoms with Gasteiger partial charge in [-0.1, -0.05) is 18.2 Å². The molecular weight excluding hydrogens is 431 g/mol. The minimum atomic E-state index is -0.566. The van der Waals surface area contributed by atoms with Gasteiger partial charge in [0.2, 0.25) is 0 Å². The highest BCUT2D eigenvalue weighted by Crippen LogP contribution is 2.14. The SMILES string of the molecule is I.NC(=O)c1ccc(CN=C(Nc2ccccc2)N2CCCCC2)o1. The second kappa shape index (κ2) is 9.45. The van der Waals surface area contributed by atoms with Gasteiger partial charge in [0, 0.05) is 18.8 Å². The van der Waals surface area contributed by atoms with E-state index >= 15 is 0 Å². The summed E-state index contributed by atoms with van der Waals surface area (Å²) in [7, 11) is 0. The normalized spacial score (nSPS) is 14.7. The Morgan fingerprint density at radius 2 is 1.84 bits per heavy atom. The number of carbonyl (C=O) groups is 1. The molecule has 1 saturated heterocycles. The Morgan fingerprint density at radius 1 is 1.12 bits per heavy atom. The van der Waals surface area contributed by atoms with E-state index in [1.165, 1.54) is 19.3 Å². The number of guanidine groups is 1. The summed E-state index contributed by atoms with van der Waals surface area (Å²) in [5, 5.41) is 3.39. The van der Waals surface area contributed by atoms with E-state index in [1.54, 1.807) is 12.1 Å². The number of piperidine rings is 1. The topological polar surface area (TPSA) is 83.9 Å². The number of benzene rings is 1. The highest BCUT2D eigenvalue weighted by Gasteiger charge is 2.15. The molecule has 2 heterocycles. The van der Waals surface area contributed by atoms with Gasteiger partial charge in [0.05, 0.1) is 0 Å². The van der Waals surface area contributed by atoms with Gasteiger partial charge in [0.1, 0.15) is 12.3 Å². The van der Waals surface area contributed by atoms with Crippen molar-refractivity contribution in [3.05, 3.63) is 54.0 Å². The van der Waals surface area contributed by atoms with Crippen molar-refractivity contribution in [1.29, 1.82) is 0 Å². The highest BCUT2D eigenvalue weighted by atomic mass is 127. The number of primary amides is 1. The van der Waals surface area contributed by atoms with E-state index in [0.717, 1.165) is 24.7 Å². The van der Waals surface area contributed by atoms with Gasteiger partial charge >= 0.3 is 0 Å². The van der Waals surface area contributed by atoms with Crippen molar-refractivity contribution in [3.63, 3.8) is 0 Å². The lowest BCUT2D eigenvalue weighted by atomic mass is 10.1. The van der Waals surface area contributed by atoms with Crippen molar-refractivity contribution in [2.24, 2.45) is 10.7 Å². The van der Waals surface area contributed by atoms with E-state index in [9.17, 15) is 4.79 Å². The molecule has 0 bridgehead atoms. The second-order valence-corrected chi connectivity index (χ2v) is 5.81. The number of nitrogens with zero attached hydrogens (tertiary/aromatic N) is 2. The summed E-state index contributed by atoms with van der Waals surface area (Å²) in [4.78, 5) is 18.0. The Kier molecular flexibility index (Phi) is 7.30. The maximum atomic E-state index is 11.1. The Bertz CT molecular complexity index is 709. The van der Waals surface area contributed by atoms with Gasteiger partial charge in [-0.05, 0) is 43.5 Å². The molecule has 1 fully saturated rings. The Labute approximate surface area is 164 Å². The van der Waals surface area contributed by atoms with Crippen LogP contribution in [0.2, 0.25) is 0 Å². The quantitative estimate of drug-likeness (QED) is 0.421. The van der Waals surface area contributed by atoms with Gasteiger partial charge in [-0.3, -0.25) is 4.79 Å². The summed E-state index contributed by atoms with van der Waals surface area (Å²) in [6.45, 7) is 2.34. The molecule has 7 heteroatoms. The summed E-state index contributed by atoms with van der Waals surface area (Å²) in [6.07, 6.45) is 3.60. The molecule has 1 aliphatic rings. The van der Waals surface area contributed by atoms with Crippen molar-refractivity contribution in [3.8, 4) is 0 Å². The standard InChI is InChI=1S/C18H22N4O2.HI/c19-17(23)16-10-9-15(24-16)13-20-18(22-11-5-2-6-12-22)21-14-7-3-1-4-8-14;/h1,3-4,7-10H,2,5-6,11-13H2,(H2,19,23)(H,20,21);1H. The van der Waals surface area contributed by atoms with Crippen LogP contribution in [0.15, 0.2) is 51.9 Å². The van der Waals surface area contributed by atoms with Gasteiger partial charge in [0.25, 0.3) is 5.91 Å². The van der Waals surface area contributed by atoms with E-state index < -0.39 is 5.91 Å². The van der Waals surface area contributed by atoms with Gasteiger partial charge in [-0.25, -0.2) is 4.99 Å². The summed E-state index contributed by atoms with van der Waals surface area (Å²) < 4.78 is 5.41. The molecule has 134 valence electrons. The predicted molar refractivity (Wildman–Crippen MR) is 109 cm³/mol. The minimum Gasteiger partial charge on any atom is -0.454 e. The molecule has 1 aliphatic heterocycles. The Balaban J connectivity index is 0.00000225. The van der Waals surface area contributed by atoms with Crippen LogP contribution in [-0.2, 0) is 6.54 Å². The number of nitrogens with two attached hydrogens (primary N) is 1. The van der Waals surface area contributed by atoms with E-state index in [1.807, 2.05) is 30.3 Å². The number of furan rings is 1. The molecule has 0 saturated carbocycles. The molecule has 0 atom stereocenters. The monoisotopic (exact) mass is 454 g/mol. The van der Waals surface area contributed by atoms with E-state index in [2.05, 4.69) is 15.2 Å². The first kappa shape index (κ1) is 19.3. The molecular formula is C18H23IN4O2. The molecule has 3 N–H and O–H groups in total. The number of hydrogen-bond donors (Lipinski definition) is 2. The fourth-order valence-corrected chi connectivity index (χ4v) is 2.72. The number of aliphatic imine (C=N–C) groups is 1. The number of hydrogen-bond acceptors (Lipinski definition) is 3. The van der Waals surface area contributed by atoms with Crippen LogP contribution in [0.25, 0.3) is 0 Å². The van der Waals surface area contributed by atoms with Crippen LogP contribution in [-0.4, -0.2) is 29.9 Å². The fourth-order valence-electron chi connectivity index (χ4n) is 2.72. The largest absolute Gasteiger partial charge is 0.454 e. The molecule has 6 nitrogen and oxygen atoms in total. The van der Waals surface area contributed by atoms with Crippen LogP contribution >= 0.6 is 24.0 Å². The smallest absolute Gasteiger partial charge is 0.284 e. The van der Waals surface area contributed by atoms with Crippen molar-refractivity contribution < 1.29 is 9.21 Å². The van der Waals surface area contributed by atoms with Gasteiger partial charge in [0.15, 0.2) is 11.7 Å². The number of para-hydroxylation sites is 1. The van der Waals surface area contributed by atoms with Gasteiger partial charge in [-0.15, -0.1) is 24.0 Å². The molecule has 1 aromatic carbocycles. The van der Waals surface area contributed by atoms with Gasteiger partial charge < -0.3 is 20.4 Å². The number of carbonyl (C=O) groups excluding carboxylic acids is 1. The molecule has 0 aliphatic carbocycles. The van der Waals surface area contributed by atoms with Crippen LogP contribution in [0.4, 0.5) is 5.69 Å². The molecule has 1 aromatic heterocycles. The molecule has 3 rings (SSSR count). The first-order valence-corrected chi connectivity index (χ1v) is 8.22. The summed E-state index contributed by atoms with van der Waals surface area (Å²) in [5.74, 6) is 1.05. The number of amides is 1. The molecule has 0 radical (unpaired) electrons. The van der Waals surface area contributed by atoms with Crippen LogP contribution in [0.1, 0.15) is 35.6 Å². The third-order valence-corrected chi connectivity index (χ3v) is 3.97. The zero-order valence-corrected chi connectivity index (χ0v) is 16.3. The van der Waals surface area contributed by atoms with Crippen LogP contribution in [0.5, 0.6) is 0 Å². The third-order valence-electron chi connectivity index (χ3n) is 3.97. The lowest BCUT2D eigenvalue weighted by molar-refractivity contribution is 0.0972. The Morgan fingerprint density at radius 3 is 2.48 bits per heavy atom. The number of nitrogens with one attached hydrogen (secondary N) is 1. The van der Waals surface area contributed by atoms with Crippen molar-refractivity contribution >= 4 is 41.5 Å². The number of rotatable bonds is 4. The average Bonchev–Trinajstić information content (AvgIpc) is 3.09. The molecule has 1 amide bonds. The maximum Gasteiger partial charge on any atom is 0.284 e. The first-order valence-electron chi connectivity index (χ1n) is 8.22.